The maximum Gasteiger partial charge on any atom is 0.176 e. The van der Waals surface area contributed by atoms with Gasteiger partial charge in [0.25, 0.3) is 0 Å². The van der Waals surface area contributed by atoms with E-state index < -0.39 is 0 Å². The van der Waals surface area contributed by atoms with Gasteiger partial charge in [0.15, 0.2) is 5.75 Å². The molecule has 0 amide bonds. The highest BCUT2D eigenvalue weighted by molar-refractivity contribution is 5.90. The van der Waals surface area contributed by atoms with Crippen LogP contribution in [0.5, 0.6) is 5.75 Å². The Balaban J connectivity index is 1.47. The minimum Gasteiger partial charge on any atom is -0.337 e. The summed E-state index contributed by atoms with van der Waals surface area (Å²) in [6.07, 6.45) is 15.8. The Morgan fingerprint density at radius 3 is 2.31 bits per heavy atom. The van der Waals surface area contributed by atoms with E-state index in [9.17, 15) is 0 Å². The van der Waals surface area contributed by atoms with E-state index in [1.54, 1.807) is 0 Å². The summed E-state index contributed by atoms with van der Waals surface area (Å²) in [6.45, 7) is 2.93. The van der Waals surface area contributed by atoms with E-state index in [0.717, 1.165) is 18.6 Å². The highest BCUT2D eigenvalue weighted by atomic mass is 17.2. The van der Waals surface area contributed by atoms with Crippen LogP contribution in [0.4, 0.5) is 0 Å². The summed E-state index contributed by atoms with van der Waals surface area (Å²) in [7, 11) is 0. The molecule has 2 aromatic rings. The third-order valence-electron chi connectivity index (χ3n) is 5.57. The van der Waals surface area contributed by atoms with Gasteiger partial charge in [-0.15, -0.1) is 0 Å². The molecule has 0 fully saturated rings. The van der Waals surface area contributed by atoms with Crippen molar-refractivity contribution >= 4 is 10.8 Å². The van der Waals surface area contributed by atoms with Crippen LogP contribution < -0.4 is 4.89 Å². The summed E-state index contributed by atoms with van der Waals surface area (Å²) in [5, 5.41) is 2.44. The largest absolute Gasteiger partial charge is 0.337 e. The summed E-state index contributed by atoms with van der Waals surface area (Å²) in [5.41, 5.74) is 2.79. The smallest absolute Gasteiger partial charge is 0.176 e. The average Bonchev–Trinajstić information content (AvgIpc) is 2.80. The van der Waals surface area contributed by atoms with Crippen LogP contribution in [0.25, 0.3) is 10.8 Å². The van der Waals surface area contributed by atoms with E-state index in [-0.39, 0.29) is 0 Å². The van der Waals surface area contributed by atoms with Crippen molar-refractivity contribution in [2.45, 2.75) is 84.0 Å². The molecule has 0 spiro atoms. The topological polar surface area (TPSA) is 18.5 Å². The Morgan fingerprint density at radius 1 is 0.846 bits per heavy atom. The van der Waals surface area contributed by atoms with E-state index in [0.29, 0.717) is 6.61 Å². The van der Waals surface area contributed by atoms with E-state index in [2.05, 4.69) is 37.3 Å². The summed E-state index contributed by atoms with van der Waals surface area (Å²) in [4.78, 5) is 11.1. The fourth-order valence-electron chi connectivity index (χ4n) is 4.05. The first-order valence-electron chi connectivity index (χ1n) is 10.7. The molecule has 1 aliphatic heterocycles. The summed E-state index contributed by atoms with van der Waals surface area (Å²) in [5.74, 6) is 0.964. The van der Waals surface area contributed by atoms with E-state index >= 15 is 0 Å². The molecule has 0 N–H and O–H groups in total. The fourth-order valence-corrected chi connectivity index (χ4v) is 4.05. The molecule has 0 radical (unpaired) electrons. The van der Waals surface area contributed by atoms with Gasteiger partial charge in [-0.2, -0.15) is 4.89 Å². The quantitative estimate of drug-likeness (QED) is 0.314. The van der Waals surface area contributed by atoms with Gasteiger partial charge in [0.05, 0.1) is 6.61 Å². The predicted octanol–water partition coefficient (Wildman–Crippen LogP) is 7.17. The molecule has 1 heterocycles. The van der Waals surface area contributed by atoms with Crippen molar-refractivity contribution in [2.75, 3.05) is 6.61 Å². The zero-order chi connectivity index (χ0) is 18.0. The molecule has 26 heavy (non-hydrogen) atoms. The van der Waals surface area contributed by atoms with Crippen LogP contribution in [-0.2, 0) is 17.7 Å². The van der Waals surface area contributed by atoms with Gasteiger partial charge in [0.2, 0.25) is 0 Å². The van der Waals surface area contributed by atoms with Crippen LogP contribution in [0.3, 0.4) is 0 Å². The Labute approximate surface area is 158 Å². The van der Waals surface area contributed by atoms with Gasteiger partial charge < -0.3 is 4.89 Å². The number of hydrogen-bond donors (Lipinski definition) is 0. The summed E-state index contributed by atoms with van der Waals surface area (Å²) < 4.78 is 0. The molecule has 0 saturated heterocycles. The molecular weight excluding hydrogens is 320 g/mol. The predicted molar refractivity (Wildman–Crippen MR) is 110 cm³/mol. The second-order valence-corrected chi connectivity index (χ2v) is 7.65. The molecule has 0 atom stereocenters. The molecule has 2 heteroatoms. The molecule has 0 aliphatic carbocycles. The van der Waals surface area contributed by atoms with Crippen molar-refractivity contribution in [3.8, 4) is 5.75 Å². The van der Waals surface area contributed by atoms with Gasteiger partial charge >= 0.3 is 0 Å². The van der Waals surface area contributed by atoms with Gasteiger partial charge in [0.1, 0.15) is 0 Å². The van der Waals surface area contributed by atoms with Crippen molar-refractivity contribution in [2.24, 2.45) is 0 Å². The zero-order valence-electron chi connectivity index (χ0n) is 16.4. The first-order chi connectivity index (χ1) is 12.9. The van der Waals surface area contributed by atoms with Crippen LogP contribution in [0, 0.1) is 0 Å². The van der Waals surface area contributed by atoms with Crippen LogP contribution in [0.1, 0.15) is 82.3 Å². The highest BCUT2D eigenvalue weighted by Crippen LogP contribution is 2.36. The van der Waals surface area contributed by atoms with Crippen molar-refractivity contribution < 1.29 is 9.78 Å². The van der Waals surface area contributed by atoms with Crippen molar-refractivity contribution in [1.29, 1.82) is 0 Å². The minimum absolute atomic E-state index is 0.644. The number of unbranched alkanes of at least 4 members (excludes halogenated alkanes) is 9. The zero-order valence-corrected chi connectivity index (χ0v) is 16.4. The highest BCUT2D eigenvalue weighted by Gasteiger charge is 2.18. The van der Waals surface area contributed by atoms with Crippen molar-refractivity contribution in [3.63, 3.8) is 0 Å². The van der Waals surface area contributed by atoms with Crippen LogP contribution in [0.2, 0.25) is 0 Å². The maximum atomic E-state index is 5.69. The van der Waals surface area contributed by atoms with Gasteiger partial charge in [-0.25, -0.2) is 0 Å². The first-order valence-corrected chi connectivity index (χ1v) is 10.7. The molecule has 1 aliphatic rings. The van der Waals surface area contributed by atoms with Gasteiger partial charge in [-0.3, -0.25) is 0 Å². The summed E-state index contributed by atoms with van der Waals surface area (Å²) >= 11 is 0. The monoisotopic (exact) mass is 354 g/mol. The van der Waals surface area contributed by atoms with Crippen LogP contribution in [-0.4, -0.2) is 6.61 Å². The Hall–Kier alpha value is -1.54. The number of benzene rings is 2. The van der Waals surface area contributed by atoms with E-state index in [1.807, 2.05) is 0 Å². The number of rotatable bonds is 11. The average molecular weight is 355 g/mol. The van der Waals surface area contributed by atoms with Crippen LogP contribution in [0.15, 0.2) is 30.3 Å². The SMILES string of the molecule is CCCCCCCCCCCCc1c2cc3ccccc3c1OOCC2. The summed E-state index contributed by atoms with van der Waals surface area (Å²) in [6, 6.07) is 10.8. The second kappa shape index (κ2) is 10.6. The molecule has 0 unspecified atom stereocenters. The molecule has 2 nitrogen and oxygen atoms in total. The normalized spacial score (nSPS) is 13.6. The Kier molecular flexibility index (Phi) is 7.82. The van der Waals surface area contributed by atoms with E-state index in [1.165, 1.54) is 86.1 Å². The molecule has 142 valence electrons. The molecule has 2 bridgehead atoms. The van der Waals surface area contributed by atoms with Crippen molar-refractivity contribution in [3.05, 3.63) is 41.5 Å². The Morgan fingerprint density at radius 2 is 1.54 bits per heavy atom. The van der Waals surface area contributed by atoms with Gasteiger partial charge in [-0.1, -0.05) is 95.0 Å². The van der Waals surface area contributed by atoms with Crippen molar-refractivity contribution in [1.82, 2.24) is 0 Å². The van der Waals surface area contributed by atoms with Gasteiger partial charge in [-0.05, 0) is 23.8 Å². The molecule has 0 saturated carbocycles. The second-order valence-electron chi connectivity index (χ2n) is 7.65. The van der Waals surface area contributed by atoms with Crippen LogP contribution >= 0.6 is 0 Å². The lowest BCUT2D eigenvalue weighted by atomic mass is 9.94. The fraction of sp³-hybridized carbons (Fsp3) is 0.583. The standard InChI is InChI=1S/C24H34O2/c1-2-3-4-5-6-7-8-9-10-11-15-23-21-17-18-25-26-24(23)22-16-13-12-14-20(22)19-21/h12-14,16,19H,2-11,15,17-18H2,1H3. The third-order valence-corrected chi connectivity index (χ3v) is 5.57. The molecular formula is C24H34O2. The maximum absolute atomic E-state index is 5.69. The lowest BCUT2D eigenvalue weighted by molar-refractivity contribution is -0.202. The third kappa shape index (κ3) is 5.23. The molecule has 2 aromatic carbocycles. The number of fused-ring (bicyclic) bond motifs is 4. The molecule has 3 rings (SSSR count). The lowest BCUT2D eigenvalue weighted by Crippen LogP contribution is -1.98. The molecule has 0 aromatic heterocycles. The lowest BCUT2D eigenvalue weighted by Gasteiger charge is -2.13. The Bertz CT molecular complexity index is 677. The number of hydrogen-bond acceptors (Lipinski definition) is 2. The minimum atomic E-state index is 0.644. The first kappa shape index (κ1) is 19.2. The van der Waals surface area contributed by atoms with Gasteiger partial charge in [0, 0.05) is 17.4 Å². The van der Waals surface area contributed by atoms with E-state index in [4.69, 9.17) is 9.78 Å².